The predicted octanol–water partition coefficient (Wildman–Crippen LogP) is 0.709. The largest absolute Gasteiger partial charge is 0.493 e. The Morgan fingerprint density at radius 2 is 1.43 bits per heavy atom. The minimum absolute atomic E-state index is 0.0925. The van der Waals surface area contributed by atoms with E-state index >= 15 is 0 Å². The zero-order valence-electron chi connectivity index (χ0n) is 34.9. The Balaban J connectivity index is 1.89. The smallest absolute Gasteiger partial charge is 0.255 e. The highest BCUT2D eigenvalue weighted by atomic mass is 16.5. The maximum atomic E-state index is 14.2. The van der Waals surface area contributed by atoms with Gasteiger partial charge in [-0.3, -0.25) is 28.8 Å². The third kappa shape index (κ3) is 14.4. The quantitative estimate of drug-likeness (QED) is 0.0549. The molecule has 6 atom stereocenters. The fourth-order valence-corrected chi connectivity index (χ4v) is 6.33. The Morgan fingerprint density at radius 3 is 2.02 bits per heavy atom. The topological polar surface area (TPSA) is 264 Å². The number of hydrogen-bond acceptors (Lipinski definition) is 12. The number of carbonyl (C=O) groups is 6. The van der Waals surface area contributed by atoms with Crippen molar-refractivity contribution in [3.05, 3.63) is 83.8 Å². The fourth-order valence-electron chi connectivity index (χ4n) is 6.33. The second kappa shape index (κ2) is 24.2. The van der Waals surface area contributed by atoms with Gasteiger partial charge in [0.2, 0.25) is 29.5 Å². The summed E-state index contributed by atoms with van der Waals surface area (Å²) in [7, 11) is 2.90. The first-order valence-electron chi connectivity index (χ1n) is 19.8. The van der Waals surface area contributed by atoms with E-state index in [4.69, 9.17) is 19.6 Å². The highest BCUT2D eigenvalue weighted by Crippen LogP contribution is 2.28. The van der Waals surface area contributed by atoms with Gasteiger partial charge in [-0.1, -0.05) is 43.3 Å². The number of nitrogens with zero attached hydrogens (tertiary/aromatic N) is 1. The summed E-state index contributed by atoms with van der Waals surface area (Å²) in [6, 6.07) is 7.86. The normalized spacial score (nSPS) is 14.2. The third-order valence-electron chi connectivity index (χ3n) is 9.88. The average Bonchev–Trinajstić information content (AvgIpc) is 3.79. The van der Waals surface area contributed by atoms with Gasteiger partial charge in [-0.15, -0.1) is 0 Å². The molecule has 0 aliphatic rings. The van der Waals surface area contributed by atoms with Gasteiger partial charge in [0.15, 0.2) is 11.5 Å². The van der Waals surface area contributed by atoms with E-state index in [1.54, 1.807) is 48.5 Å². The van der Waals surface area contributed by atoms with Crippen LogP contribution in [0.15, 0.2) is 71.5 Å². The van der Waals surface area contributed by atoms with Crippen molar-refractivity contribution in [3.63, 3.8) is 0 Å². The third-order valence-corrected chi connectivity index (χ3v) is 9.88. The van der Waals surface area contributed by atoms with Crippen molar-refractivity contribution in [2.45, 2.75) is 95.7 Å². The van der Waals surface area contributed by atoms with Crippen LogP contribution in [0, 0.1) is 0 Å². The van der Waals surface area contributed by atoms with Crippen LogP contribution in [0.25, 0.3) is 0 Å². The molecule has 6 amide bonds. The van der Waals surface area contributed by atoms with E-state index in [1.807, 2.05) is 6.92 Å². The van der Waals surface area contributed by atoms with E-state index in [0.717, 1.165) is 13.1 Å². The van der Waals surface area contributed by atoms with Crippen LogP contribution in [0.1, 0.15) is 74.5 Å². The summed E-state index contributed by atoms with van der Waals surface area (Å²) >= 11 is 0. The monoisotopic (exact) mass is 837 g/mol. The van der Waals surface area contributed by atoms with Crippen LogP contribution in [-0.4, -0.2) is 121 Å². The molecular formula is C42H59N7O11. The highest BCUT2D eigenvalue weighted by molar-refractivity contribution is 5.99. The van der Waals surface area contributed by atoms with Gasteiger partial charge in [-0.2, -0.15) is 0 Å². The molecular weight excluding hydrogens is 778 g/mol. The molecule has 0 bridgehead atoms. The standard InChI is InChI=1S/C42H59N7O11/c1-7-49(25(2)3)19-12-11-15-30(40(55)47-32(23-50)37(43)52)45-41(56)31(21-27-16-17-33(58-5)34(22-27)59-6)46-38(53)26(4)44-42(57)35(36(51)28-13-9-8-10-14-28)48-39(54)29-18-20-60-24-29/h8-10,13-14,16-18,20,22,24-26,30-32,35-36,50-51H,7,11-12,15,19,21,23H2,1-6H3,(H2,43,52)(H,44,57)(H,45,56)(H,46,53)(H,47,55)(H,48,54)/t26-,30-,31-,32-,35?,36?/m0/s1. The maximum absolute atomic E-state index is 14.2. The lowest BCUT2D eigenvalue weighted by Crippen LogP contribution is -2.59. The number of benzene rings is 2. The lowest BCUT2D eigenvalue weighted by atomic mass is 10.0. The van der Waals surface area contributed by atoms with Crippen molar-refractivity contribution in [1.29, 1.82) is 0 Å². The molecule has 0 radical (unpaired) electrons. The number of amides is 6. The van der Waals surface area contributed by atoms with Crippen LogP contribution in [0.3, 0.4) is 0 Å². The SMILES string of the molecule is CCN(CCCC[C@H](NC(=O)[C@H](Cc1ccc(OC)c(OC)c1)NC(=O)[C@H](C)NC(=O)C(NC(=O)c1ccoc1)C(O)c1ccccc1)C(=O)N[C@@H](CO)C(N)=O)C(C)C. The molecule has 60 heavy (non-hydrogen) atoms. The van der Waals surface area contributed by atoms with Crippen LogP contribution < -0.4 is 41.8 Å². The van der Waals surface area contributed by atoms with Gasteiger partial charge < -0.3 is 61.3 Å². The van der Waals surface area contributed by atoms with Crippen molar-refractivity contribution >= 4 is 35.4 Å². The number of unbranched alkanes of at least 4 members (excludes halogenated alkanes) is 1. The van der Waals surface area contributed by atoms with E-state index < -0.39 is 78.4 Å². The van der Waals surface area contributed by atoms with E-state index in [2.05, 4.69) is 45.3 Å². The Bertz CT molecular complexity index is 1860. The Kier molecular flexibility index (Phi) is 19.5. The first-order valence-corrected chi connectivity index (χ1v) is 19.8. The van der Waals surface area contributed by atoms with E-state index in [0.29, 0.717) is 41.5 Å². The predicted molar refractivity (Wildman–Crippen MR) is 221 cm³/mol. The van der Waals surface area contributed by atoms with Gasteiger partial charge in [0, 0.05) is 12.5 Å². The molecule has 1 heterocycles. The number of aliphatic hydroxyl groups is 2. The van der Waals surface area contributed by atoms with Gasteiger partial charge >= 0.3 is 0 Å². The van der Waals surface area contributed by atoms with Gasteiger partial charge in [-0.25, -0.2) is 0 Å². The number of aliphatic hydroxyl groups excluding tert-OH is 2. The molecule has 0 saturated heterocycles. The van der Waals surface area contributed by atoms with Crippen molar-refractivity contribution in [3.8, 4) is 11.5 Å². The molecule has 2 aromatic carbocycles. The molecule has 0 spiro atoms. The summed E-state index contributed by atoms with van der Waals surface area (Å²) in [6.07, 6.45) is 2.10. The molecule has 0 aliphatic heterocycles. The minimum atomic E-state index is -1.57. The number of ether oxygens (including phenoxy) is 2. The summed E-state index contributed by atoms with van der Waals surface area (Å²) in [6.45, 7) is 8.33. The van der Waals surface area contributed by atoms with E-state index in [9.17, 15) is 39.0 Å². The molecule has 18 nitrogen and oxygen atoms in total. The maximum Gasteiger partial charge on any atom is 0.255 e. The van der Waals surface area contributed by atoms with Crippen LogP contribution in [0.4, 0.5) is 0 Å². The number of nitrogens with two attached hydrogens (primary N) is 1. The minimum Gasteiger partial charge on any atom is -0.493 e. The Labute approximate surface area is 349 Å². The molecule has 0 aliphatic carbocycles. The summed E-state index contributed by atoms with van der Waals surface area (Å²) in [5, 5.41) is 33.7. The van der Waals surface area contributed by atoms with Crippen LogP contribution in [-0.2, 0) is 30.4 Å². The van der Waals surface area contributed by atoms with Crippen molar-refractivity contribution in [2.75, 3.05) is 33.9 Å². The zero-order chi connectivity index (χ0) is 44.4. The number of furan rings is 1. The average molecular weight is 838 g/mol. The molecule has 9 N–H and O–H groups in total. The first-order chi connectivity index (χ1) is 28.6. The molecule has 18 heteroatoms. The molecule has 328 valence electrons. The molecule has 2 unspecified atom stereocenters. The van der Waals surface area contributed by atoms with Gasteiger partial charge in [0.1, 0.15) is 42.6 Å². The van der Waals surface area contributed by atoms with Gasteiger partial charge in [-0.05, 0) is 82.4 Å². The molecule has 1 aromatic heterocycles. The number of nitrogens with one attached hydrogen (secondary N) is 5. The van der Waals surface area contributed by atoms with Crippen molar-refractivity contribution < 1.29 is 52.9 Å². The summed E-state index contributed by atoms with van der Waals surface area (Å²) in [5.41, 5.74) is 6.30. The van der Waals surface area contributed by atoms with Crippen LogP contribution in [0.2, 0.25) is 0 Å². The molecule has 3 rings (SSSR count). The van der Waals surface area contributed by atoms with Gasteiger partial charge in [0.25, 0.3) is 5.91 Å². The number of carbonyl (C=O) groups excluding carboxylic acids is 6. The van der Waals surface area contributed by atoms with E-state index in [1.165, 1.54) is 39.7 Å². The van der Waals surface area contributed by atoms with Crippen molar-refractivity contribution in [2.24, 2.45) is 5.73 Å². The summed E-state index contributed by atoms with van der Waals surface area (Å²) in [4.78, 5) is 82.4. The molecule has 0 fully saturated rings. The Hall–Kier alpha value is -5.98. The number of primary amides is 1. The zero-order valence-corrected chi connectivity index (χ0v) is 34.9. The second-order valence-corrected chi connectivity index (χ2v) is 14.4. The van der Waals surface area contributed by atoms with Gasteiger partial charge in [0.05, 0.1) is 32.7 Å². The van der Waals surface area contributed by atoms with Crippen LogP contribution in [0.5, 0.6) is 11.5 Å². The molecule has 3 aromatic rings. The number of rotatable bonds is 25. The first kappa shape index (κ1) is 48.4. The lowest BCUT2D eigenvalue weighted by Gasteiger charge is -2.27. The summed E-state index contributed by atoms with van der Waals surface area (Å²) < 4.78 is 15.8. The molecule has 0 saturated carbocycles. The van der Waals surface area contributed by atoms with E-state index in [-0.39, 0.29) is 18.4 Å². The van der Waals surface area contributed by atoms with Crippen LogP contribution >= 0.6 is 0 Å². The Morgan fingerprint density at radius 1 is 0.783 bits per heavy atom. The highest BCUT2D eigenvalue weighted by Gasteiger charge is 2.34. The number of methoxy groups -OCH3 is 2. The summed E-state index contributed by atoms with van der Waals surface area (Å²) in [5.74, 6) is -4.20. The lowest BCUT2D eigenvalue weighted by molar-refractivity contribution is -0.135. The second-order valence-electron chi connectivity index (χ2n) is 14.4. The fraction of sp³-hybridized carbons (Fsp3) is 0.476. The number of hydrogen-bond donors (Lipinski definition) is 8. The van der Waals surface area contributed by atoms with Crippen molar-refractivity contribution in [1.82, 2.24) is 31.5 Å².